The van der Waals surface area contributed by atoms with E-state index in [4.69, 9.17) is 16.3 Å². The number of halogens is 1. The molecule has 0 unspecified atom stereocenters. The van der Waals surface area contributed by atoms with Gasteiger partial charge in [-0.2, -0.15) is 0 Å². The Bertz CT molecular complexity index is 1200. The summed E-state index contributed by atoms with van der Waals surface area (Å²) in [6.45, 7) is 3.56. The Morgan fingerprint density at radius 1 is 1.06 bits per heavy atom. The zero-order chi connectivity index (χ0) is 24.0. The topological polar surface area (TPSA) is 75.7 Å². The molecule has 0 spiro atoms. The minimum absolute atomic E-state index is 0.0790. The van der Waals surface area contributed by atoms with Gasteiger partial charge in [-0.3, -0.25) is 9.10 Å². The Balaban J connectivity index is 1.93. The van der Waals surface area contributed by atoms with Crippen molar-refractivity contribution < 1.29 is 17.9 Å². The molecule has 1 N–H and O–H groups in total. The van der Waals surface area contributed by atoms with Crippen LogP contribution in [0.15, 0.2) is 77.7 Å². The zero-order valence-electron chi connectivity index (χ0n) is 18.8. The molecule has 3 aromatic rings. The third-order valence-corrected chi connectivity index (χ3v) is 7.35. The first-order valence-electron chi connectivity index (χ1n) is 10.5. The van der Waals surface area contributed by atoms with E-state index >= 15 is 0 Å². The molecule has 3 rings (SSSR count). The maximum atomic E-state index is 13.5. The molecule has 0 saturated carbocycles. The van der Waals surface area contributed by atoms with E-state index in [1.54, 1.807) is 30.3 Å². The van der Waals surface area contributed by atoms with Gasteiger partial charge in [-0.1, -0.05) is 66.6 Å². The van der Waals surface area contributed by atoms with Gasteiger partial charge in [-0.05, 0) is 49.2 Å². The number of nitrogens with zero attached hydrogens (tertiary/aromatic N) is 1. The number of rotatable bonds is 9. The Hall–Kier alpha value is -3.03. The SMILES string of the molecule is CC[C@@H](NC(=O)CN(c1ccc(OC)c(Cl)c1)S(=O)(=O)c1ccccc1)c1ccc(C)cc1. The van der Waals surface area contributed by atoms with Crippen LogP contribution < -0.4 is 14.4 Å². The Morgan fingerprint density at radius 3 is 2.30 bits per heavy atom. The van der Waals surface area contributed by atoms with Crippen molar-refractivity contribution in [1.29, 1.82) is 0 Å². The molecule has 0 aliphatic carbocycles. The Kier molecular flexibility index (Phi) is 8.00. The maximum Gasteiger partial charge on any atom is 0.264 e. The highest BCUT2D eigenvalue weighted by atomic mass is 35.5. The molecule has 0 saturated heterocycles. The molecule has 0 aromatic heterocycles. The Labute approximate surface area is 200 Å². The first-order chi connectivity index (χ1) is 15.8. The molecular formula is C25H27ClN2O4S. The van der Waals surface area contributed by atoms with Crippen molar-refractivity contribution >= 4 is 33.2 Å². The molecule has 8 heteroatoms. The van der Waals surface area contributed by atoms with Crippen molar-refractivity contribution in [1.82, 2.24) is 5.32 Å². The number of aryl methyl sites for hydroxylation is 1. The van der Waals surface area contributed by atoms with E-state index in [0.717, 1.165) is 15.4 Å². The second-order valence-corrected chi connectivity index (χ2v) is 9.85. The fourth-order valence-electron chi connectivity index (χ4n) is 3.44. The fraction of sp³-hybridized carbons (Fsp3) is 0.240. The van der Waals surface area contributed by atoms with Crippen LogP contribution in [0.25, 0.3) is 0 Å². The molecule has 0 bridgehead atoms. The van der Waals surface area contributed by atoms with E-state index in [1.165, 1.54) is 25.3 Å². The van der Waals surface area contributed by atoms with Gasteiger partial charge in [-0.15, -0.1) is 0 Å². The van der Waals surface area contributed by atoms with E-state index in [1.807, 2.05) is 38.1 Å². The van der Waals surface area contributed by atoms with Crippen LogP contribution in [0.5, 0.6) is 5.75 Å². The monoisotopic (exact) mass is 486 g/mol. The van der Waals surface area contributed by atoms with Gasteiger partial charge in [0.2, 0.25) is 5.91 Å². The molecule has 0 fully saturated rings. The minimum atomic E-state index is -4.03. The van der Waals surface area contributed by atoms with E-state index < -0.39 is 22.5 Å². The van der Waals surface area contributed by atoms with E-state index in [2.05, 4.69) is 5.32 Å². The number of amides is 1. The summed E-state index contributed by atoms with van der Waals surface area (Å²) >= 11 is 6.26. The summed E-state index contributed by atoms with van der Waals surface area (Å²) in [6, 6.07) is 20.3. The van der Waals surface area contributed by atoms with Crippen LogP contribution in [-0.2, 0) is 14.8 Å². The van der Waals surface area contributed by atoms with Gasteiger partial charge in [-0.25, -0.2) is 8.42 Å². The van der Waals surface area contributed by atoms with Crippen LogP contribution in [0.3, 0.4) is 0 Å². The second-order valence-electron chi connectivity index (χ2n) is 7.58. The highest BCUT2D eigenvalue weighted by molar-refractivity contribution is 7.92. The van der Waals surface area contributed by atoms with Crippen LogP contribution in [0.2, 0.25) is 5.02 Å². The molecular weight excluding hydrogens is 460 g/mol. The number of methoxy groups -OCH3 is 1. The summed E-state index contributed by atoms with van der Waals surface area (Å²) in [4.78, 5) is 13.1. The number of carbonyl (C=O) groups is 1. The summed E-state index contributed by atoms with van der Waals surface area (Å²) in [6.07, 6.45) is 0.661. The minimum Gasteiger partial charge on any atom is -0.495 e. The number of anilines is 1. The van der Waals surface area contributed by atoms with Crippen molar-refractivity contribution in [2.75, 3.05) is 18.0 Å². The van der Waals surface area contributed by atoms with Crippen molar-refractivity contribution in [3.05, 3.63) is 88.9 Å². The highest BCUT2D eigenvalue weighted by Crippen LogP contribution is 2.32. The fourth-order valence-corrected chi connectivity index (χ4v) is 5.12. The van der Waals surface area contributed by atoms with E-state index in [-0.39, 0.29) is 21.6 Å². The molecule has 0 aliphatic rings. The first kappa shape index (κ1) is 24.6. The lowest BCUT2D eigenvalue weighted by Gasteiger charge is -2.26. The number of benzene rings is 3. The molecule has 0 radical (unpaired) electrons. The van der Waals surface area contributed by atoms with Crippen LogP contribution in [0.1, 0.15) is 30.5 Å². The number of ether oxygens (including phenoxy) is 1. The van der Waals surface area contributed by atoms with Crippen molar-refractivity contribution in [2.24, 2.45) is 0 Å². The Morgan fingerprint density at radius 2 is 1.73 bits per heavy atom. The smallest absolute Gasteiger partial charge is 0.264 e. The lowest BCUT2D eigenvalue weighted by molar-refractivity contribution is -0.120. The zero-order valence-corrected chi connectivity index (χ0v) is 20.4. The van der Waals surface area contributed by atoms with Gasteiger partial charge >= 0.3 is 0 Å². The summed E-state index contributed by atoms with van der Waals surface area (Å²) in [5, 5.41) is 3.21. The number of nitrogens with one attached hydrogen (secondary N) is 1. The summed E-state index contributed by atoms with van der Waals surface area (Å²) < 4.78 is 33.2. The number of sulfonamides is 1. The standard InChI is InChI=1S/C25H27ClN2O4S/c1-4-23(19-12-10-18(2)11-13-19)27-25(29)17-28(20-14-15-24(32-3)22(26)16-20)33(30,31)21-8-6-5-7-9-21/h5-16,23H,4,17H2,1-3H3,(H,27,29)/t23-/m1/s1. The van der Waals surface area contributed by atoms with Gasteiger partial charge in [0.1, 0.15) is 12.3 Å². The molecule has 33 heavy (non-hydrogen) atoms. The predicted molar refractivity (Wildman–Crippen MR) is 131 cm³/mol. The van der Waals surface area contributed by atoms with Crippen LogP contribution in [0.4, 0.5) is 5.69 Å². The lowest BCUT2D eigenvalue weighted by Crippen LogP contribution is -2.42. The average molecular weight is 487 g/mol. The predicted octanol–water partition coefficient (Wildman–Crippen LogP) is 5.12. The molecule has 0 aliphatic heterocycles. The molecule has 0 heterocycles. The molecule has 6 nitrogen and oxygen atoms in total. The van der Waals surface area contributed by atoms with Crippen molar-refractivity contribution in [2.45, 2.75) is 31.2 Å². The highest BCUT2D eigenvalue weighted by Gasteiger charge is 2.28. The summed E-state index contributed by atoms with van der Waals surface area (Å²) in [5.74, 6) is -0.0128. The van der Waals surface area contributed by atoms with E-state index in [9.17, 15) is 13.2 Å². The van der Waals surface area contributed by atoms with Gasteiger partial charge < -0.3 is 10.1 Å². The third kappa shape index (κ3) is 5.86. The van der Waals surface area contributed by atoms with Crippen LogP contribution in [-0.4, -0.2) is 28.0 Å². The van der Waals surface area contributed by atoms with Crippen LogP contribution >= 0.6 is 11.6 Å². The largest absolute Gasteiger partial charge is 0.495 e. The number of hydrogen-bond acceptors (Lipinski definition) is 4. The van der Waals surface area contributed by atoms with Gasteiger partial charge in [0, 0.05) is 0 Å². The lowest BCUT2D eigenvalue weighted by atomic mass is 10.0. The van der Waals surface area contributed by atoms with E-state index in [0.29, 0.717) is 12.2 Å². The summed E-state index contributed by atoms with van der Waals surface area (Å²) in [7, 11) is -2.55. The van der Waals surface area contributed by atoms with Crippen molar-refractivity contribution in [3.8, 4) is 5.75 Å². The molecule has 174 valence electrons. The maximum absolute atomic E-state index is 13.5. The van der Waals surface area contributed by atoms with Gasteiger partial charge in [0.25, 0.3) is 10.0 Å². The number of carbonyl (C=O) groups excluding carboxylic acids is 1. The average Bonchev–Trinajstić information content (AvgIpc) is 2.82. The summed E-state index contributed by atoms with van der Waals surface area (Å²) in [5.41, 5.74) is 2.35. The molecule has 1 amide bonds. The van der Waals surface area contributed by atoms with Crippen LogP contribution in [0, 0.1) is 6.92 Å². The van der Waals surface area contributed by atoms with Gasteiger partial charge in [0.15, 0.2) is 0 Å². The number of hydrogen-bond donors (Lipinski definition) is 1. The first-order valence-corrected chi connectivity index (χ1v) is 12.3. The van der Waals surface area contributed by atoms with Gasteiger partial charge in [0.05, 0.1) is 28.8 Å². The molecule has 3 aromatic carbocycles. The normalized spacial score (nSPS) is 12.1. The second kappa shape index (κ2) is 10.7. The molecule has 1 atom stereocenters. The quantitative estimate of drug-likeness (QED) is 0.455. The van der Waals surface area contributed by atoms with Crippen molar-refractivity contribution in [3.63, 3.8) is 0 Å². The third-order valence-electron chi connectivity index (χ3n) is 5.26.